The van der Waals surface area contributed by atoms with Crippen LogP contribution in [0.5, 0.6) is 0 Å². The van der Waals surface area contributed by atoms with Crippen LogP contribution in [-0.4, -0.2) is 70.8 Å². The maximum absolute atomic E-state index is 13.6. The van der Waals surface area contributed by atoms with E-state index in [0.29, 0.717) is 12.5 Å². The monoisotopic (exact) mass is 462 g/mol. The molecule has 3 fully saturated rings. The fourth-order valence-corrected chi connectivity index (χ4v) is 6.67. The third kappa shape index (κ3) is 5.00. The van der Waals surface area contributed by atoms with Crippen molar-refractivity contribution in [3.05, 3.63) is 0 Å². The molecule has 7 nitrogen and oxygen atoms in total. The van der Waals surface area contributed by atoms with E-state index in [0.717, 1.165) is 38.6 Å². The standard InChI is InChI=1S/C26H46N4O3/c1-6-14-20(7-2)26(4)24(32)29(25(33)28(26)5)18-22(31)21-17-27-30(8-3)23(21)19-15-12-10-9-11-13-16-19/h19-21,23,27H,6-18H2,1-5H3. The third-order valence-corrected chi connectivity index (χ3v) is 8.81. The first kappa shape index (κ1) is 26.1. The highest BCUT2D eigenvalue weighted by Gasteiger charge is 2.56. The van der Waals surface area contributed by atoms with E-state index in [1.54, 1.807) is 11.9 Å². The molecular weight excluding hydrogens is 416 g/mol. The van der Waals surface area contributed by atoms with Crippen molar-refractivity contribution in [2.24, 2.45) is 17.8 Å². The minimum Gasteiger partial charge on any atom is -0.313 e. The van der Waals surface area contributed by atoms with Gasteiger partial charge in [-0.1, -0.05) is 65.7 Å². The summed E-state index contributed by atoms with van der Waals surface area (Å²) in [6.07, 6.45) is 11.3. The number of hydrogen-bond acceptors (Lipinski definition) is 5. The Morgan fingerprint density at radius 2 is 1.73 bits per heavy atom. The molecule has 0 spiro atoms. The lowest BCUT2D eigenvalue weighted by molar-refractivity contribution is -0.138. The average Bonchev–Trinajstić information content (AvgIpc) is 3.28. The van der Waals surface area contributed by atoms with E-state index >= 15 is 0 Å². The van der Waals surface area contributed by atoms with Gasteiger partial charge in [-0.2, -0.15) is 0 Å². The summed E-state index contributed by atoms with van der Waals surface area (Å²) < 4.78 is 0. The molecule has 0 aromatic carbocycles. The summed E-state index contributed by atoms with van der Waals surface area (Å²) in [5, 5.41) is 2.24. The van der Waals surface area contributed by atoms with Gasteiger partial charge in [0.1, 0.15) is 5.54 Å². The lowest BCUT2D eigenvalue weighted by Crippen LogP contribution is -2.51. The largest absolute Gasteiger partial charge is 0.327 e. The number of amides is 3. The first-order valence-electron chi connectivity index (χ1n) is 13.4. The number of nitrogens with one attached hydrogen (secondary N) is 1. The van der Waals surface area contributed by atoms with Gasteiger partial charge in [-0.3, -0.25) is 19.9 Å². The van der Waals surface area contributed by atoms with Crippen LogP contribution in [0.1, 0.15) is 91.9 Å². The normalized spacial score (nSPS) is 31.2. The molecule has 4 unspecified atom stereocenters. The second kappa shape index (κ2) is 11.3. The fraction of sp³-hybridized carbons (Fsp3) is 0.885. The second-order valence-electron chi connectivity index (χ2n) is 10.6. The Bertz CT molecular complexity index is 706. The molecule has 2 heterocycles. The third-order valence-electron chi connectivity index (χ3n) is 8.81. The number of imide groups is 1. The zero-order chi connectivity index (χ0) is 24.2. The van der Waals surface area contributed by atoms with Crippen molar-refractivity contribution in [2.75, 3.05) is 26.7 Å². The van der Waals surface area contributed by atoms with E-state index in [-0.39, 0.29) is 42.1 Å². The molecular formula is C26H46N4O3. The lowest BCUT2D eigenvalue weighted by Gasteiger charge is -2.36. The Labute approximate surface area is 200 Å². The molecule has 1 aliphatic carbocycles. The Kier molecular flexibility index (Phi) is 8.95. The number of carbonyl (C=O) groups excluding carboxylic acids is 3. The summed E-state index contributed by atoms with van der Waals surface area (Å²) in [4.78, 5) is 43.1. The van der Waals surface area contributed by atoms with E-state index in [9.17, 15) is 14.4 Å². The van der Waals surface area contributed by atoms with Crippen molar-refractivity contribution in [1.82, 2.24) is 20.2 Å². The molecule has 3 aliphatic rings. The van der Waals surface area contributed by atoms with Gasteiger partial charge >= 0.3 is 6.03 Å². The molecule has 1 N–H and O–H groups in total. The number of hydrazine groups is 1. The van der Waals surface area contributed by atoms with E-state index in [4.69, 9.17) is 0 Å². The summed E-state index contributed by atoms with van der Waals surface area (Å²) in [6, 6.07) is -0.174. The van der Waals surface area contributed by atoms with Crippen LogP contribution >= 0.6 is 0 Å². The van der Waals surface area contributed by atoms with Crippen LogP contribution in [0.25, 0.3) is 0 Å². The van der Waals surface area contributed by atoms with Gasteiger partial charge in [0.05, 0.1) is 12.5 Å². The minimum absolute atomic E-state index is 0.0217. The number of Topliss-reactive ketones (excluding diaryl/α,β-unsaturated/α-hetero) is 1. The maximum Gasteiger partial charge on any atom is 0.327 e. The van der Waals surface area contributed by atoms with Crippen molar-refractivity contribution in [1.29, 1.82) is 0 Å². The summed E-state index contributed by atoms with van der Waals surface area (Å²) in [6.45, 7) is 9.54. The second-order valence-corrected chi connectivity index (χ2v) is 10.6. The van der Waals surface area contributed by atoms with Crippen molar-refractivity contribution < 1.29 is 14.4 Å². The number of hydrogen-bond donors (Lipinski definition) is 1. The van der Waals surface area contributed by atoms with Crippen LogP contribution in [0.3, 0.4) is 0 Å². The molecule has 4 atom stereocenters. The molecule has 3 amide bonds. The van der Waals surface area contributed by atoms with Crippen molar-refractivity contribution in [3.63, 3.8) is 0 Å². The molecule has 2 aliphatic heterocycles. The van der Waals surface area contributed by atoms with E-state index < -0.39 is 5.54 Å². The minimum atomic E-state index is -0.871. The maximum atomic E-state index is 13.6. The zero-order valence-corrected chi connectivity index (χ0v) is 21.6. The summed E-state index contributed by atoms with van der Waals surface area (Å²) in [7, 11) is 1.72. The molecule has 7 heteroatoms. The highest BCUT2D eigenvalue weighted by Crippen LogP contribution is 2.38. The Morgan fingerprint density at radius 3 is 2.30 bits per heavy atom. The molecule has 188 valence electrons. The van der Waals surface area contributed by atoms with Crippen molar-refractivity contribution in [2.45, 2.75) is 103 Å². The molecule has 0 bridgehead atoms. The lowest BCUT2D eigenvalue weighted by atomic mass is 9.78. The van der Waals surface area contributed by atoms with Gasteiger partial charge < -0.3 is 4.90 Å². The Hall–Kier alpha value is -1.47. The summed E-state index contributed by atoms with van der Waals surface area (Å²) in [5.41, 5.74) is 2.58. The van der Waals surface area contributed by atoms with Gasteiger partial charge in [-0.15, -0.1) is 0 Å². The van der Waals surface area contributed by atoms with Crippen LogP contribution in [0.15, 0.2) is 0 Å². The summed E-state index contributed by atoms with van der Waals surface area (Å²) in [5.74, 6) is 0.221. The van der Waals surface area contributed by atoms with Crippen molar-refractivity contribution >= 4 is 17.7 Å². The van der Waals surface area contributed by atoms with Gasteiger partial charge in [-0.25, -0.2) is 9.80 Å². The van der Waals surface area contributed by atoms with Crippen LogP contribution < -0.4 is 5.43 Å². The van der Waals surface area contributed by atoms with Crippen molar-refractivity contribution in [3.8, 4) is 0 Å². The zero-order valence-electron chi connectivity index (χ0n) is 21.6. The van der Waals surface area contributed by atoms with E-state index in [2.05, 4.69) is 31.2 Å². The molecule has 0 radical (unpaired) electrons. The number of carbonyl (C=O) groups is 3. The smallest absolute Gasteiger partial charge is 0.313 e. The summed E-state index contributed by atoms with van der Waals surface area (Å²) >= 11 is 0. The van der Waals surface area contributed by atoms with Gasteiger partial charge in [0.25, 0.3) is 5.91 Å². The number of urea groups is 1. The van der Waals surface area contributed by atoms with Crippen LogP contribution in [0.4, 0.5) is 4.79 Å². The number of rotatable bonds is 9. The number of nitrogens with zero attached hydrogens (tertiary/aromatic N) is 3. The first-order chi connectivity index (χ1) is 15.8. The fourth-order valence-electron chi connectivity index (χ4n) is 6.67. The number of likely N-dealkylation sites (N-methyl/N-ethyl adjacent to an activating group) is 1. The van der Waals surface area contributed by atoms with Crippen LogP contribution in [0, 0.1) is 17.8 Å². The SMILES string of the molecule is CCCC(CC)C1(C)C(=O)N(CC(=O)C2CNN(CC)C2C2CCCCCCC2)C(=O)N1C. The molecule has 0 aromatic heterocycles. The highest BCUT2D eigenvalue weighted by molar-refractivity contribution is 6.09. The van der Waals surface area contributed by atoms with Gasteiger partial charge in [-0.05, 0) is 38.0 Å². The molecule has 33 heavy (non-hydrogen) atoms. The highest BCUT2D eigenvalue weighted by atomic mass is 16.2. The topological polar surface area (TPSA) is 73.0 Å². The predicted octanol–water partition coefficient (Wildman–Crippen LogP) is 4.22. The number of ketones is 1. The Morgan fingerprint density at radius 1 is 1.09 bits per heavy atom. The molecule has 1 saturated carbocycles. The van der Waals surface area contributed by atoms with Crippen LogP contribution in [0.2, 0.25) is 0 Å². The van der Waals surface area contributed by atoms with Gasteiger partial charge in [0.15, 0.2) is 5.78 Å². The van der Waals surface area contributed by atoms with Gasteiger partial charge in [0, 0.05) is 26.2 Å². The first-order valence-corrected chi connectivity index (χ1v) is 13.4. The van der Waals surface area contributed by atoms with Crippen LogP contribution in [-0.2, 0) is 9.59 Å². The molecule has 2 saturated heterocycles. The molecule has 0 aromatic rings. The van der Waals surface area contributed by atoms with E-state index in [1.165, 1.54) is 37.0 Å². The molecule has 3 rings (SSSR count). The van der Waals surface area contributed by atoms with E-state index in [1.807, 2.05) is 6.92 Å². The quantitative estimate of drug-likeness (QED) is 0.520. The van der Waals surface area contributed by atoms with Gasteiger partial charge in [0.2, 0.25) is 0 Å². The Balaban J connectivity index is 1.77. The average molecular weight is 463 g/mol. The predicted molar refractivity (Wildman–Crippen MR) is 130 cm³/mol.